The van der Waals surface area contributed by atoms with Gasteiger partial charge in [0, 0.05) is 11.8 Å². The van der Waals surface area contributed by atoms with Crippen LogP contribution in [0.1, 0.15) is 32.4 Å². The van der Waals surface area contributed by atoms with Crippen LogP contribution in [0.15, 0.2) is 42.6 Å². The quantitative estimate of drug-likeness (QED) is 0.870. The summed E-state index contributed by atoms with van der Waals surface area (Å²) >= 11 is 0. The van der Waals surface area contributed by atoms with Gasteiger partial charge in [-0.3, -0.25) is 0 Å². The van der Waals surface area contributed by atoms with E-state index >= 15 is 0 Å². The SMILES string of the molecule is CC(C)Oc1ncccc1NC(C)c1ccccc1O. The summed E-state index contributed by atoms with van der Waals surface area (Å²) in [4.78, 5) is 4.24. The Hall–Kier alpha value is -2.23. The summed E-state index contributed by atoms with van der Waals surface area (Å²) in [7, 11) is 0. The van der Waals surface area contributed by atoms with E-state index in [2.05, 4.69) is 10.3 Å². The summed E-state index contributed by atoms with van der Waals surface area (Å²) in [6.45, 7) is 5.91. The monoisotopic (exact) mass is 272 g/mol. The zero-order valence-electron chi connectivity index (χ0n) is 12.0. The van der Waals surface area contributed by atoms with Gasteiger partial charge < -0.3 is 15.2 Å². The first-order valence-electron chi connectivity index (χ1n) is 6.74. The number of pyridine rings is 1. The number of rotatable bonds is 5. The van der Waals surface area contributed by atoms with Crippen LogP contribution in [0.3, 0.4) is 0 Å². The highest BCUT2D eigenvalue weighted by Crippen LogP contribution is 2.30. The van der Waals surface area contributed by atoms with Gasteiger partial charge in [-0.2, -0.15) is 0 Å². The summed E-state index contributed by atoms with van der Waals surface area (Å²) in [5.74, 6) is 0.854. The van der Waals surface area contributed by atoms with E-state index in [9.17, 15) is 5.11 Å². The van der Waals surface area contributed by atoms with E-state index in [4.69, 9.17) is 4.74 Å². The molecule has 1 unspecified atom stereocenters. The van der Waals surface area contributed by atoms with Crippen LogP contribution in [0.2, 0.25) is 0 Å². The topological polar surface area (TPSA) is 54.4 Å². The molecule has 0 bridgehead atoms. The fourth-order valence-electron chi connectivity index (χ4n) is 1.98. The number of aromatic nitrogens is 1. The van der Waals surface area contributed by atoms with Gasteiger partial charge in [0.05, 0.1) is 17.8 Å². The lowest BCUT2D eigenvalue weighted by molar-refractivity contribution is 0.234. The third-order valence-corrected chi connectivity index (χ3v) is 2.89. The lowest BCUT2D eigenvalue weighted by atomic mass is 10.1. The number of aromatic hydroxyl groups is 1. The number of benzene rings is 1. The van der Waals surface area contributed by atoms with Crippen molar-refractivity contribution in [3.8, 4) is 11.6 Å². The number of anilines is 1. The van der Waals surface area contributed by atoms with Crippen molar-refractivity contribution < 1.29 is 9.84 Å². The second-order valence-corrected chi connectivity index (χ2v) is 4.95. The second kappa shape index (κ2) is 6.28. The molecule has 0 aliphatic carbocycles. The highest BCUT2D eigenvalue weighted by Gasteiger charge is 2.13. The maximum atomic E-state index is 9.89. The van der Waals surface area contributed by atoms with Crippen molar-refractivity contribution in [3.05, 3.63) is 48.2 Å². The van der Waals surface area contributed by atoms with Crippen LogP contribution in [0, 0.1) is 0 Å². The van der Waals surface area contributed by atoms with Gasteiger partial charge in [-0.25, -0.2) is 4.98 Å². The predicted octanol–water partition coefficient (Wildman–Crippen LogP) is 3.75. The molecule has 4 nitrogen and oxygen atoms in total. The van der Waals surface area contributed by atoms with Crippen LogP contribution < -0.4 is 10.1 Å². The molecule has 0 amide bonds. The van der Waals surface area contributed by atoms with Crippen molar-refractivity contribution in [2.75, 3.05) is 5.32 Å². The van der Waals surface area contributed by atoms with E-state index in [-0.39, 0.29) is 17.9 Å². The average molecular weight is 272 g/mol. The molecule has 0 aliphatic heterocycles. The van der Waals surface area contributed by atoms with Crippen molar-refractivity contribution in [1.29, 1.82) is 0 Å². The summed E-state index contributed by atoms with van der Waals surface area (Å²) in [5, 5.41) is 13.2. The standard InChI is InChI=1S/C16H20N2O2/c1-11(2)20-16-14(8-6-10-17-16)18-12(3)13-7-4-5-9-15(13)19/h4-12,18-19H,1-3H3. The molecule has 4 heteroatoms. The molecule has 2 N–H and O–H groups in total. The van der Waals surface area contributed by atoms with Crippen molar-refractivity contribution in [3.63, 3.8) is 0 Å². The molecule has 0 fully saturated rings. The number of para-hydroxylation sites is 1. The van der Waals surface area contributed by atoms with Gasteiger partial charge in [-0.1, -0.05) is 18.2 Å². The molecule has 0 spiro atoms. The number of hydrogen-bond acceptors (Lipinski definition) is 4. The number of phenols is 1. The normalized spacial score (nSPS) is 12.2. The Kier molecular flexibility index (Phi) is 4.45. The van der Waals surface area contributed by atoms with Crippen LogP contribution in [0.5, 0.6) is 11.6 Å². The first kappa shape index (κ1) is 14.2. The first-order chi connectivity index (χ1) is 9.58. The van der Waals surface area contributed by atoms with Gasteiger partial charge in [-0.05, 0) is 39.0 Å². The third kappa shape index (κ3) is 3.41. The summed E-state index contributed by atoms with van der Waals surface area (Å²) in [6.07, 6.45) is 1.76. The van der Waals surface area contributed by atoms with Crippen molar-refractivity contribution in [1.82, 2.24) is 4.98 Å². The molecule has 0 aliphatic rings. The lowest BCUT2D eigenvalue weighted by Gasteiger charge is -2.19. The Morgan fingerprint density at radius 3 is 2.55 bits per heavy atom. The molecule has 106 valence electrons. The first-order valence-corrected chi connectivity index (χ1v) is 6.74. The van der Waals surface area contributed by atoms with Crippen molar-refractivity contribution in [2.24, 2.45) is 0 Å². The fraction of sp³-hybridized carbons (Fsp3) is 0.312. The number of ether oxygens (including phenoxy) is 1. The largest absolute Gasteiger partial charge is 0.508 e. The van der Waals surface area contributed by atoms with Gasteiger partial charge >= 0.3 is 0 Å². The highest BCUT2D eigenvalue weighted by molar-refractivity contribution is 5.54. The van der Waals surface area contributed by atoms with Crippen molar-refractivity contribution >= 4 is 5.69 Å². The van der Waals surface area contributed by atoms with Crippen LogP contribution in [0.4, 0.5) is 5.69 Å². The summed E-state index contributed by atoms with van der Waals surface area (Å²) in [5.41, 5.74) is 1.66. The molecule has 0 radical (unpaired) electrons. The third-order valence-electron chi connectivity index (χ3n) is 2.89. The fourth-order valence-corrected chi connectivity index (χ4v) is 1.98. The van der Waals surface area contributed by atoms with E-state index in [0.717, 1.165) is 11.3 Å². The number of nitrogens with zero attached hydrogens (tertiary/aromatic N) is 1. The minimum absolute atomic E-state index is 0.0464. The highest BCUT2D eigenvalue weighted by atomic mass is 16.5. The van der Waals surface area contributed by atoms with E-state index in [1.54, 1.807) is 12.3 Å². The molecule has 0 saturated heterocycles. The predicted molar refractivity (Wildman–Crippen MR) is 80.1 cm³/mol. The van der Waals surface area contributed by atoms with Gasteiger partial charge in [-0.15, -0.1) is 0 Å². The second-order valence-electron chi connectivity index (χ2n) is 4.95. The molecule has 1 aromatic carbocycles. The Morgan fingerprint density at radius 2 is 1.85 bits per heavy atom. The molecule has 1 heterocycles. The molecular weight excluding hydrogens is 252 g/mol. The zero-order chi connectivity index (χ0) is 14.5. The molecule has 1 atom stereocenters. The van der Waals surface area contributed by atoms with E-state index < -0.39 is 0 Å². The Balaban J connectivity index is 2.20. The lowest BCUT2D eigenvalue weighted by Crippen LogP contribution is -2.12. The molecule has 2 rings (SSSR count). The molecular formula is C16H20N2O2. The van der Waals surface area contributed by atoms with Crippen molar-refractivity contribution in [2.45, 2.75) is 32.9 Å². The van der Waals surface area contributed by atoms with Crippen LogP contribution in [-0.2, 0) is 0 Å². The van der Waals surface area contributed by atoms with E-state index in [0.29, 0.717) is 5.88 Å². The molecule has 0 saturated carbocycles. The van der Waals surface area contributed by atoms with Crippen LogP contribution in [0.25, 0.3) is 0 Å². The van der Waals surface area contributed by atoms with E-state index in [1.165, 1.54) is 0 Å². The maximum absolute atomic E-state index is 9.89. The Labute approximate surface area is 119 Å². The van der Waals surface area contributed by atoms with Gasteiger partial charge in [0.15, 0.2) is 0 Å². The minimum Gasteiger partial charge on any atom is -0.508 e. The summed E-state index contributed by atoms with van der Waals surface area (Å²) < 4.78 is 5.68. The van der Waals surface area contributed by atoms with Crippen LogP contribution in [-0.4, -0.2) is 16.2 Å². The number of nitrogens with one attached hydrogen (secondary N) is 1. The molecule has 1 aromatic heterocycles. The van der Waals surface area contributed by atoms with Crippen LogP contribution >= 0.6 is 0 Å². The molecule has 2 aromatic rings. The molecule has 20 heavy (non-hydrogen) atoms. The van der Waals surface area contributed by atoms with Gasteiger partial charge in [0.25, 0.3) is 0 Å². The Bertz CT molecular complexity index is 570. The van der Waals surface area contributed by atoms with Gasteiger partial charge in [0.1, 0.15) is 5.75 Å². The van der Waals surface area contributed by atoms with E-state index in [1.807, 2.05) is 51.1 Å². The minimum atomic E-state index is -0.0464. The number of phenolic OH excluding ortho intramolecular Hbond substituents is 1. The average Bonchev–Trinajstić information content (AvgIpc) is 2.41. The maximum Gasteiger partial charge on any atom is 0.237 e. The zero-order valence-corrected chi connectivity index (χ0v) is 12.0. The van der Waals surface area contributed by atoms with Gasteiger partial charge in [0.2, 0.25) is 5.88 Å². The summed E-state index contributed by atoms with van der Waals surface area (Å²) in [6, 6.07) is 11.0. The number of hydrogen-bond donors (Lipinski definition) is 2. The Morgan fingerprint density at radius 1 is 1.10 bits per heavy atom. The smallest absolute Gasteiger partial charge is 0.237 e.